The number of benzene rings is 1. The fourth-order valence-electron chi connectivity index (χ4n) is 2.26. The molecule has 0 aliphatic heterocycles. The second-order valence-corrected chi connectivity index (χ2v) is 6.79. The Morgan fingerprint density at radius 2 is 1.90 bits per heavy atom. The van der Waals surface area contributed by atoms with Crippen molar-refractivity contribution >= 4 is 17.2 Å². The van der Waals surface area contributed by atoms with E-state index in [0.29, 0.717) is 6.42 Å². The van der Waals surface area contributed by atoms with E-state index in [1.807, 2.05) is 37.3 Å². The maximum absolute atomic E-state index is 12.1. The molecule has 2 rings (SSSR count). The SMILES string of the molecule is Cc1ccc(CC(C)NC(=O)[C@H](N)Cc2ccccc2)s1. The molecule has 1 aromatic carbocycles. The lowest BCUT2D eigenvalue weighted by Crippen LogP contribution is -2.46. The van der Waals surface area contributed by atoms with Crippen molar-refractivity contribution in [3.05, 3.63) is 57.8 Å². The van der Waals surface area contributed by atoms with Crippen LogP contribution < -0.4 is 11.1 Å². The van der Waals surface area contributed by atoms with Crippen LogP contribution in [0.1, 0.15) is 22.2 Å². The molecule has 0 aliphatic rings. The Bertz CT molecular complexity index is 579. The summed E-state index contributed by atoms with van der Waals surface area (Å²) >= 11 is 1.77. The minimum Gasteiger partial charge on any atom is -0.352 e. The van der Waals surface area contributed by atoms with Gasteiger partial charge in [-0.3, -0.25) is 4.79 Å². The predicted molar refractivity (Wildman–Crippen MR) is 88.5 cm³/mol. The Kier molecular flexibility index (Phi) is 5.53. The van der Waals surface area contributed by atoms with Gasteiger partial charge in [0.1, 0.15) is 0 Å². The highest BCUT2D eigenvalue weighted by Crippen LogP contribution is 2.16. The van der Waals surface area contributed by atoms with Crippen LogP contribution >= 0.6 is 11.3 Å². The summed E-state index contributed by atoms with van der Waals surface area (Å²) < 4.78 is 0. The van der Waals surface area contributed by atoms with Crippen LogP contribution in [0.25, 0.3) is 0 Å². The number of amides is 1. The minimum atomic E-state index is -0.500. The van der Waals surface area contributed by atoms with Crippen LogP contribution in [0, 0.1) is 6.92 Å². The first-order valence-electron chi connectivity index (χ1n) is 7.20. The molecule has 3 N–H and O–H groups in total. The molecular weight excluding hydrogens is 280 g/mol. The number of nitrogens with two attached hydrogens (primary N) is 1. The van der Waals surface area contributed by atoms with Gasteiger partial charge in [0.05, 0.1) is 6.04 Å². The fourth-order valence-corrected chi connectivity index (χ4v) is 3.28. The molecule has 2 atom stereocenters. The third kappa shape index (κ3) is 4.99. The van der Waals surface area contributed by atoms with Gasteiger partial charge in [-0.25, -0.2) is 0 Å². The maximum atomic E-state index is 12.1. The number of nitrogens with one attached hydrogen (secondary N) is 1. The quantitative estimate of drug-likeness (QED) is 0.862. The van der Waals surface area contributed by atoms with Crippen LogP contribution in [0.15, 0.2) is 42.5 Å². The molecule has 3 nitrogen and oxygen atoms in total. The first kappa shape index (κ1) is 15.7. The Morgan fingerprint density at radius 1 is 1.19 bits per heavy atom. The zero-order chi connectivity index (χ0) is 15.2. The summed E-state index contributed by atoms with van der Waals surface area (Å²) in [6.45, 7) is 4.11. The Hall–Kier alpha value is -1.65. The number of hydrogen-bond donors (Lipinski definition) is 2. The summed E-state index contributed by atoms with van der Waals surface area (Å²) in [6, 6.07) is 13.7. The van der Waals surface area contributed by atoms with Gasteiger partial charge >= 0.3 is 0 Å². The number of hydrogen-bond acceptors (Lipinski definition) is 3. The van der Waals surface area contributed by atoms with Crippen molar-refractivity contribution in [3.63, 3.8) is 0 Å². The van der Waals surface area contributed by atoms with Crippen LogP contribution in [0.3, 0.4) is 0 Å². The standard InChI is InChI=1S/C17H22N2OS/c1-12(10-15-9-8-13(2)21-15)19-17(20)16(18)11-14-6-4-3-5-7-14/h3-9,12,16H,10-11,18H2,1-2H3,(H,19,20)/t12?,16-/m1/s1. The third-order valence-electron chi connectivity index (χ3n) is 3.33. The molecule has 4 heteroatoms. The van der Waals surface area contributed by atoms with Crippen molar-refractivity contribution < 1.29 is 4.79 Å². The van der Waals surface area contributed by atoms with Crippen molar-refractivity contribution in [2.75, 3.05) is 0 Å². The largest absolute Gasteiger partial charge is 0.352 e. The van der Waals surface area contributed by atoms with E-state index in [-0.39, 0.29) is 11.9 Å². The van der Waals surface area contributed by atoms with Crippen LogP contribution in [0.2, 0.25) is 0 Å². The second-order valence-electron chi connectivity index (χ2n) is 5.42. The molecule has 0 saturated heterocycles. The highest BCUT2D eigenvalue weighted by molar-refractivity contribution is 7.11. The lowest BCUT2D eigenvalue weighted by Gasteiger charge is -2.17. The number of carbonyl (C=O) groups excluding carboxylic acids is 1. The lowest BCUT2D eigenvalue weighted by molar-refractivity contribution is -0.122. The smallest absolute Gasteiger partial charge is 0.237 e. The van der Waals surface area contributed by atoms with Crippen molar-refractivity contribution in [3.8, 4) is 0 Å². The van der Waals surface area contributed by atoms with E-state index in [1.54, 1.807) is 11.3 Å². The highest BCUT2D eigenvalue weighted by Gasteiger charge is 2.16. The van der Waals surface area contributed by atoms with E-state index in [1.165, 1.54) is 9.75 Å². The van der Waals surface area contributed by atoms with Crippen LogP contribution in [0.5, 0.6) is 0 Å². The lowest BCUT2D eigenvalue weighted by atomic mass is 10.1. The molecule has 0 aliphatic carbocycles. The van der Waals surface area contributed by atoms with E-state index in [4.69, 9.17) is 5.73 Å². The normalized spacial score (nSPS) is 13.7. The van der Waals surface area contributed by atoms with Crippen molar-refractivity contribution in [1.82, 2.24) is 5.32 Å². The summed E-state index contributed by atoms with van der Waals surface area (Å²) in [5.41, 5.74) is 7.07. The van der Waals surface area contributed by atoms with Gasteiger partial charge in [0.2, 0.25) is 5.91 Å². The summed E-state index contributed by atoms with van der Waals surface area (Å²) in [6.07, 6.45) is 1.42. The van der Waals surface area contributed by atoms with Gasteiger partial charge in [-0.15, -0.1) is 11.3 Å². The van der Waals surface area contributed by atoms with E-state index in [0.717, 1.165) is 12.0 Å². The molecule has 0 radical (unpaired) electrons. The molecule has 21 heavy (non-hydrogen) atoms. The van der Waals surface area contributed by atoms with Crippen molar-refractivity contribution in [1.29, 1.82) is 0 Å². The van der Waals surface area contributed by atoms with E-state index >= 15 is 0 Å². The zero-order valence-corrected chi connectivity index (χ0v) is 13.3. The molecule has 1 unspecified atom stereocenters. The molecule has 1 heterocycles. The number of carbonyl (C=O) groups is 1. The number of rotatable bonds is 6. The molecule has 1 amide bonds. The Balaban J connectivity index is 1.82. The molecular formula is C17H22N2OS. The molecule has 0 fully saturated rings. The van der Waals surface area contributed by atoms with Crippen molar-refractivity contribution in [2.24, 2.45) is 5.73 Å². The third-order valence-corrected chi connectivity index (χ3v) is 4.35. The van der Waals surface area contributed by atoms with Gasteiger partial charge in [0.25, 0.3) is 0 Å². The average Bonchev–Trinajstić information content (AvgIpc) is 2.84. The van der Waals surface area contributed by atoms with E-state index < -0.39 is 6.04 Å². The average molecular weight is 302 g/mol. The Labute approximate surface area is 130 Å². The fraction of sp³-hybridized carbons (Fsp3) is 0.353. The van der Waals surface area contributed by atoms with Crippen LogP contribution in [-0.2, 0) is 17.6 Å². The molecule has 2 aromatic rings. The molecule has 0 saturated carbocycles. The minimum absolute atomic E-state index is 0.0837. The van der Waals surface area contributed by atoms with Crippen LogP contribution in [0.4, 0.5) is 0 Å². The predicted octanol–water partition coefficient (Wildman–Crippen LogP) is 2.67. The number of thiophene rings is 1. The monoisotopic (exact) mass is 302 g/mol. The summed E-state index contributed by atoms with van der Waals surface area (Å²) in [7, 11) is 0. The summed E-state index contributed by atoms with van der Waals surface area (Å²) in [5, 5.41) is 3.00. The van der Waals surface area contributed by atoms with Crippen molar-refractivity contribution in [2.45, 2.75) is 38.8 Å². The zero-order valence-electron chi connectivity index (χ0n) is 12.5. The summed E-state index contributed by atoms with van der Waals surface area (Å²) in [5.74, 6) is -0.0837. The second kappa shape index (κ2) is 7.38. The first-order chi connectivity index (χ1) is 10.0. The first-order valence-corrected chi connectivity index (χ1v) is 8.01. The molecule has 0 spiro atoms. The molecule has 112 valence electrons. The maximum Gasteiger partial charge on any atom is 0.237 e. The van der Waals surface area contributed by atoms with E-state index in [2.05, 4.69) is 24.4 Å². The summed E-state index contributed by atoms with van der Waals surface area (Å²) in [4.78, 5) is 14.7. The number of aryl methyl sites for hydroxylation is 1. The Morgan fingerprint density at radius 3 is 2.52 bits per heavy atom. The molecule has 1 aromatic heterocycles. The highest BCUT2D eigenvalue weighted by atomic mass is 32.1. The van der Waals surface area contributed by atoms with E-state index in [9.17, 15) is 4.79 Å². The van der Waals surface area contributed by atoms with Gasteiger partial charge in [-0.2, -0.15) is 0 Å². The van der Waals surface area contributed by atoms with Gasteiger partial charge < -0.3 is 11.1 Å². The van der Waals surface area contributed by atoms with Crippen LogP contribution in [-0.4, -0.2) is 18.0 Å². The molecule has 0 bridgehead atoms. The van der Waals surface area contributed by atoms with Gasteiger partial charge in [0.15, 0.2) is 0 Å². The van der Waals surface area contributed by atoms with Gasteiger partial charge in [-0.05, 0) is 38.0 Å². The topological polar surface area (TPSA) is 55.1 Å². The van der Waals surface area contributed by atoms with Gasteiger partial charge in [-0.1, -0.05) is 30.3 Å². The van der Waals surface area contributed by atoms with Gasteiger partial charge in [0, 0.05) is 22.2 Å².